The van der Waals surface area contributed by atoms with E-state index in [0.717, 1.165) is 12.8 Å². The first-order valence-electron chi connectivity index (χ1n) is 5.62. The fourth-order valence-electron chi connectivity index (χ4n) is 1.73. The number of benzene rings is 1. The summed E-state index contributed by atoms with van der Waals surface area (Å²) in [5.74, 6) is -0.188. The number of nitrogens with two attached hydrogens (primary N) is 1. The summed E-state index contributed by atoms with van der Waals surface area (Å²) < 4.78 is 13.1. The number of nitrogen functional groups attached to an aromatic ring is 1. The Labute approximate surface area is 95.7 Å². The Hall–Kier alpha value is -1.38. The highest BCUT2D eigenvalue weighted by Crippen LogP contribution is 2.17. The summed E-state index contributed by atoms with van der Waals surface area (Å²) in [6, 6.07) is 4.24. The lowest BCUT2D eigenvalue weighted by molar-refractivity contribution is 0.0962. The predicted molar refractivity (Wildman–Crippen MR) is 63.8 cm³/mol. The van der Waals surface area contributed by atoms with Gasteiger partial charge in [0.2, 0.25) is 0 Å². The van der Waals surface area contributed by atoms with E-state index in [9.17, 15) is 9.18 Å². The largest absolute Gasteiger partial charge is 0.396 e. The lowest BCUT2D eigenvalue weighted by Crippen LogP contribution is -2.06. The smallest absolute Gasteiger partial charge is 0.163 e. The van der Waals surface area contributed by atoms with Gasteiger partial charge in [-0.05, 0) is 24.1 Å². The Morgan fingerprint density at radius 1 is 1.50 bits per heavy atom. The van der Waals surface area contributed by atoms with Gasteiger partial charge in [-0.15, -0.1) is 0 Å². The number of carbonyl (C=O) groups excluding carboxylic acids is 1. The van der Waals surface area contributed by atoms with Crippen molar-refractivity contribution < 1.29 is 9.18 Å². The SMILES string of the molecule is CCCC(C)CC(=O)c1ccc(N)c(F)c1. The van der Waals surface area contributed by atoms with E-state index in [1.807, 2.05) is 6.92 Å². The number of halogens is 1. The van der Waals surface area contributed by atoms with E-state index in [-0.39, 0.29) is 11.5 Å². The molecule has 1 unspecified atom stereocenters. The van der Waals surface area contributed by atoms with Crippen molar-refractivity contribution in [3.05, 3.63) is 29.6 Å². The molecular formula is C13H18FNO. The first-order chi connectivity index (χ1) is 7.54. The van der Waals surface area contributed by atoms with Crippen LogP contribution >= 0.6 is 0 Å². The molecular weight excluding hydrogens is 205 g/mol. The number of rotatable bonds is 5. The molecule has 0 aliphatic rings. The Bertz CT molecular complexity index is 376. The molecule has 88 valence electrons. The number of anilines is 1. The normalized spacial score (nSPS) is 12.4. The third-order valence-electron chi connectivity index (χ3n) is 2.64. The second kappa shape index (κ2) is 5.64. The molecule has 0 spiro atoms. The molecule has 1 aromatic rings. The molecule has 0 fully saturated rings. The molecule has 16 heavy (non-hydrogen) atoms. The molecule has 0 saturated carbocycles. The zero-order valence-corrected chi connectivity index (χ0v) is 9.79. The zero-order valence-electron chi connectivity index (χ0n) is 9.79. The highest BCUT2D eigenvalue weighted by atomic mass is 19.1. The van der Waals surface area contributed by atoms with Crippen LogP contribution in [0.1, 0.15) is 43.5 Å². The minimum Gasteiger partial charge on any atom is -0.396 e. The monoisotopic (exact) mass is 223 g/mol. The number of Topliss-reactive ketones (excluding diaryl/α,β-unsaturated/α-hetero) is 1. The molecule has 2 nitrogen and oxygen atoms in total. The van der Waals surface area contributed by atoms with Crippen molar-refractivity contribution in [1.82, 2.24) is 0 Å². The van der Waals surface area contributed by atoms with E-state index < -0.39 is 5.82 Å². The maximum absolute atomic E-state index is 13.1. The van der Waals surface area contributed by atoms with Crippen LogP contribution in [-0.4, -0.2) is 5.78 Å². The fourth-order valence-corrected chi connectivity index (χ4v) is 1.73. The first-order valence-corrected chi connectivity index (χ1v) is 5.62. The molecule has 0 aliphatic heterocycles. The van der Waals surface area contributed by atoms with Crippen molar-refractivity contribution in [2.45, 2.75) is 33.1 Å². The highest BCUT2D eigenvalue weighted by Gasteiger charge is 2.12. The highest BCUT2D eigenvalue weighted by molar-refractivity contribution is 5.96. The first kappa shape index (κ1) is 12.7. The topological polar surface area (TPSA) is 43.1 Å². The molecule has 0 saturated heterocycles. The molecule has 1 rings (SSSR count). The maximum Gasteiger partial charge on any atom is 0.163 e. The fraction of sp³-hybridized carbons (Fsp3) is 0.462. The Balaban J connectivity index is 2.69. The number of carbonyl (C=O) groups is 1. The van der Waals surface area contributed by atoms with Crippen molar-refractivity contribution in [2.75, 3.05) is 5.73 Å². The molecule has 0 aliphatic carbocycles. The minimum atomic E-state index is -0.519. The third-order valence-corrected chi connectivity index (χ3v) is 2.64. The molecule has 0 radical (unpaired) electrons. The van der Waals surface area contributed by atoms with E-state index in [4.69, 9.17) is 5.73 Å². The molecule has 1 atom stereocenters. The van der Waals surface area contributed by atoms with Gasteiger partial charge in [0.1, 0.15) is 5.82 Å². The summed E-state index contributed by atoms with van der Waals surface area (Å²) in [6.07, 6.45) is 2.55. The second-order valence-corrected chi connectivity index (χ2v) is 4.26. The van der Waals surface area contributed by atoms with Crippen LogP contribution in [-0.2, 0) is 0 Å². The van der Waals surface area contributed by atoms with Crippen LogP contribution in [0.3, 0.4) is 0 Å². The Kier molecular flexibility index (Phi) is 4.47. The minimum absolute atomic E-state index is 0.0140. The van der Waals surface area contributed by atoms with Crippen molar-refractivity contribution in [3.63, 3.8) is 0 Å². The molecule has 0 aromatic heterocycles. The van der Waals surface area contributed by atoms with Gasteiger partial charge < -0.3 is 5.73 Å². The summed E-state index contributed by atoms with van der Waals surface area (Å²) in [4.78, 5) is 11.8. The van der Waals surface area contributed by atoms with Crippen LogP contribution < -0.4 is 5.73 Å². The van der Waals surface area contributed by atoms with Crippen LogP contribution in [0.15, 0.2) is 18.2 Å². The van der Waals surface area contributed by atoms with Gasteiger partial charge in [0, 0.05) is 12.0 Å². The molecule has 3 heteroatoms. The van der Waals surface area contributed by atoms with Crippen LogP contribution in [0, 0.1) is 11.7 Å². The number of hydrogen-bond donors (Lipinski definition) is 1. The quantitative estimate of drug-likeness (QED) is 0.614. The summed E-state index contributed by atoms with van der Waals surface area (Å²) in [6.45, 7) is 4.12. The Morgan fingerprint density at radius 3 is 2.75 bits per heavy atom. The van der Waals surface area contributed by atoms with Crippen LogP contribution in [0.5, 0.6) is 0 Å². The number of hydrogen-bond acceptors (Lipinski definition) is 2. The molecule has 0 amide bonds. The van der Waals surface area contributed by atoms with Gasteiger partial charge in [0.25, 0.3) is 0 Å². The summed E-state index contributed by atoms with van der Waals surface area (Å²) in [5, 5.41) is 0. The van der Waals surface area contributed by atoms with E-state index >= 15 is 0 Å². The van der Waals surface area contributed by atoms with E-state index in [2.05, 4.69) is 6.92 Å². The van der Waals surface area contributed by atoms with E-state index in [1.165, 1.54) is 12.1 Å². The van der Waals surface area contributed by atoms with Crippen molar-refractivity contribution in [3.8, 4) is 0 Å². The zero-order chi connectivity index (χ0) is 12.1. The van der Waals surface area contributed by atoms with Gasteiger partial charge >= 0.3 is 0 Å². The predicted octanol–water partition coefficient (Wildman–Crippen LogP) is 3.42. The van der Waals surface area contributed by atoms with E-state index in [1.54, 1.807) is 6.07 Å². The van der Waals surface area contributed by atoms with Gasteiger partial charge in [-0.3, -0.25) is 4.79 Å². The van der Waals surface area contributed by atoms with Gasteiger partial charge in [0.15, 0.2) is 5.78 Å². The van der Waals surface area contributed by atoms with Crippen molar-refractivity contribution >= 4 is 11.5 Å². The summed E-state index contributed by atoms with van der Waals surface area (Å²) in [5.41, 5.74) is 5.84. The molecule has 2 N–H and O–H groups in total. The molecule has 0 heterocycles. The third kappa shape index (κ3) is 3.33. The van der Waals surface area contributed by atoms with Gasteiger partial charge in [-0.25, -0.2) is 4.39 Å². The van der Waals surface area contributed by atoms with Crippen LogP contribution in [0.2, 0.25) is 0 Å². The van der Waals surface area contributed by atoms with E-state index in [0.29, 0.717) is 17.9 Å². The Morgan fingerprint density at radius 2 is 2.19 bits per heavy atom. The lowest BCUT2D eigenvalue weighted by Gasteiger charge is -2.09. The maximum atomic E-state index is 13.1. The van der Waals surface area contributed by atoms with Crippen molar-refractivity contribution in [1.29, 1.82) is 0 Å². The molecule has 1 aromatic carbocycles. The average Bonchev–Trinajstić information content (AvgIpc) is 2.22. The van der Waals surface area contributed by atoms with Crippen LogP contribution in [0.25, 0.3) is 0 Å². The van der Waals surface area contributed by atoms with Gasteiger partial charge in [-0.2, -0.15) is 0 Å². The average molecular weight is 223 g/mol. The standard InChI is InChI=1S/C13H18FNO/c1-3-4-9(2)7-13(16)10-5-6-12(15)11(14)8-10/h5-6,8-9H,3-4,7,15H2,1-2H3. The van der Waals surface area contributed by atoms with Crippen LogP contribution in [0.4, 0.5) is 10.1 Å². The summed E-state index contributed by atoms with van der Waals surface area (Å²) in [7, 11) is 0. The molecule has 0 bridgehead atoms. The summed E-state index contributed by atoms with van der Waals surface area (Å²) >= 11 is 0. The van der Waals surface area contributed by atoms with Crippen molar-refractivity contribution in [2.24, 2.45) is 5.92 Å². The number of ketones is 1. The van der Waals surface area contributed by atoms with Gasteiger partial charge in [-0.1, -0.05) is 26.7 Å². The lowest BCUT2D eigenvalue weighted by atomic mass is 9.96. The van der Waals surface area contributed by atoms with Gasteiger partial charge in [0.05, 0.1) is 5.69 Å². The second-order valence-electron chi connectivity index (χ2n) is 4.26.